The standard InChI is InChI=1S/C12H10F3N3O2/c1-2-17-6-9(12(14)15)11(16-17)8-4-3-7(13)5-10(8)18(19)20/h3-6,12H,2H2,1H3. The second-order valence-electron chi connectivity index (χ2n) is 4.01. The Labute approximate surface area is 111 Å². The fraction of sp³-hybridized carbons (Fsp3) is 0.250. The van der Waals surface area contributed by atoms with E-state index in [1.54, 1.807) is 6.92 Å². The van der Waals surface area contributed by atoms with Crippen LogP contribution in [0.4, 0.5) is 18.9 Å². The topological polar surface area (TPSA) is 61.0 Å². The van der Waals surface area contributed by atoms with Crippen LogP contribution in [0.25, 0.3) is 11.3 Å². The largest absolute Gasteiger partial charge is 0.281 e. The molecule has 0 radical (unpaired) electrons. The van der Waals surface area contributed by atoms with Gasteiger partial charge in [0, 0.05) is 12.7 Å². The Kier molecular flexibility index (Phi) is 3.73. The van der Waals surface area contributed by atoms with Crippen molar-refractivity contribution in [3.8, 4) is 11.3 Å². The van der Waals surface area contributed by atoms with Crippen LogP contribution in [-0.2, 0) is 6.54 Å². The number of nitrogens with zero attached hydrogens (tertiary/aromatic N) is 3. The molecule has 2 rings (SSSR count). The van der Waals surface area contributed by atoms with Gasteiger partial charge in [0.1, 0.15) is 11.5 Å². The van der Waals surface area contributed by atoms with E-state index in [4.69, 9.17) is 0 Å². The first-order chi connectivity index (χ1) is 9.43. The first-order valence-electron chi connectivity index (χ1n) is 5.73. The number of aryl methyl sites for hydroxylation is 1. The number of hydrogen-bond acceptors (Lipinski definition) is 3. The fourth-order valence-electron chi connectivity index (χ4n) is 1.82. The van der Waals surface area contributed by atoms with Crippen LogP contribution < -0.4 is 0 Å². The highest BCUT2D eigenvalue weighted by molar-refractivity contribution is 5.73. The van der Waals surface area contributed by atoms with Gasteiger partial charge in [-0.15, -0.1) is 0 Å². The van der Waals surface area contributed by atoms with Crippen molar-refractivity contribution in [1.82, 2.24) is 9.78 Å². The molecule has 5 nitrogen and oxygen atoms in total. The van der Waals surface area contributed by atoms with E-state index >= 15 is 0 Å². The van der Waals surface area contributed by atoms with Crippen molar-refractivity contribution >= 4 is 5.69 Å². The van der Waals surface area contributed by atoms with Gasteiger partial charge in [0.15, 0.2) is 0 Å². The summed E-state index contributed by atoms with van der Waals surface area (Å²) >= 11 is 0. The minimum Gasteiger partial charge on any atom is -0.272 e. The molecule has 20 heavy (non-hydrogen) atoms. The van der Waals surface area contributed by atoms with Crippen molar-refractivity contribution in [1.29, 1.82) is 0 Å². The molecule has 2 aromatic rings. The first-order valence-corrected chi connectivity index (χ1v) is 5.73. The van der Waals surface area contributed by atoms with Crippen LogP contribution in [0.15, 0.2) is 24.4 Å². The van der Waals surface area contributed by atoms with Crippen molar-refractivity contribution in [3.63, 3.8) is 0 Å². The Balaban J connectivity index is 2.67. The number of hydrogen-bond donors (Lipinski definition) is 0. The van der Waals surface area contributed by atoms with Gasteiger partial charge in [0.05, 0.1) is 22.1 Å². The number of halogens is 3. The summed E-state index contributed by atoms with van der Waals surface area (Å²) in [5.41, 5.74) is -1.33. The molecule has 8 heteroatoms. The van der Waals surface area contributed by atoms with Crippen LogP contribution in [0, 0.1) is 15.9 Å². The lowest BCUT2D eigenvalue weighted by Crippen LogP contribution is -1.97. The summed E-state index contributed by atoms with van der Waals surface area (Å²) in [7, 11) is 0. The fourth-order valence-corrected chi connectivity index (χ4v) is 1.82. The smallest absolute Gasteiger partial charge is 0.272 e. The Bertz CT molecular complexity index is 655. The monoisotopic (exact) mass is 285 g/mol. The predicted molar refractivity (Wildman–Crippen MR) is 64.9 cm³/mol. The molecule has 0 unspecified atom stereocenters. The third kappa shape index (κ3) is 2.49. The van der Waals surface area contributed by atoms with E-state index in [9.17, 15) is 23.3 Å². The molecular formula is C12H10F3N3O2. The molecule has 1 aromatic heterocycles. The van der Waals surface area contributed by atoms with E-state index in [1.807, 2.05) is 0 Å². The van der Waals surface area contributed by atoms with Gasteiger partial charge in [-0.1, -0.05) is 0 Å². The Hall–Kier alpha value is -2.38. The lowest BCUT2D eigenvalue weighted by atomic mass is 10.1. The highest BCUT2D eigenvalue weighted by atomic mass is 19.3. The number of benzene rings is 1. The third-order valence-corrected chi connectivity index (χ3v) is 2.76. The average Bonchev–Trinajstić information content (AvgIpc) is 2.82. The van der Waals surface area contributed by atoms with Crippen LogP contribution in [0.5, 0.6) is 0 Å². The molecule has 0 N–H and O–H groups in total. The number of nitro groups is 1. The zero-order chi connectivity index (χ0) is 14.9. The number of aromatic nitrogens is 2. The zero-order valence-corrected chi connectivity index (χ0v) is 10.4. The summed E-state index contributed by atoms with van der Waals surface area (Å²) in [4.78, 5) is 10.1. The Morgan fingerprint density at radius 1 is 1.45 bits per heavy atom. The van der Waals surface area contributed by atoms with Gasteiger partial charge in [0.25, 0.3) is 12.1 Å². The molecule has 0 spiro atoms. The molecule has 0 aliphatic carbocycles. The summed E-state index contributed by atoms with van der Waals surface area (Å²) in [5, 5.41) is 14.8. The summed E-state index contributed by atoms with van der Waals surface area (Å²) in [6, 6.07) is 2.75. The van der Waals surface area contributed by atoms with E-state index < -0.39 is 28.4 Å². The van der Waals surface area contributed by atoms with Crippen molar-refractivity contribution in [2.45, 2.75) is 19.9 Å². The van der Waals surface area contributed by atoms with E-state index in [2.05, 4.69) is 5.10 Å². The molecule has 0 saturated heterocycles. The third-order valence-electron chi connectivity index (χ3n) is 2.76. The second-order valence-corrected chi connectivity index (χ2v) is 4.01. The molecule has 0 aliphatic heterocycles. The SMILES string of the molecule is CCn1cc(C(F)F)c(-c2ccc(F)cc2[N+](=O)[O-])n1. The maximum atomic E-state index is 13.1. The minimum absolute atomic E-state index is 0.126. The van der Waals surface area contributed by atoms with Gasteiger partial charge in [-0.05, 0) is 19.1 Å². The molecule has 0 aliphatic rings. The van der Waals surface area contributed by atoms with Crippen LogP contribution in [0.1, 0.15) is 18.9 Å². The number of rotatable bonds is 4. The second kappa shape index (κ2) is 5.32. The molecule has 0 amide bonds. The van der Waals surface area contributed by atoms with E-state index in [0.29, 0.717) is 12.6 Å². The van der Waals surface area contributed by atoms with Crippen molar-refractivity contribution in [2.75, 3.05) is 0 Å². The first kappa shape index (κ1) is 14.0. The number of nitro benzene ring substituents is 1. The molecule has 0 bridgehead atoms. The minimum atomic E-state index is -2.82. The molecule has 1 heterocycles. The van der Waals surface area contributed by atoms with Crippen molar-refractivity contribution in [3.05, 3.63) is 45.9 Å². The normalized spacial score (nSPS) is 11.1. The predicted octanol–water partition coefficient (Wildman–Crippen LogP) is 3.55. The zero-order valence-electron chi connectivity index (χ0n) is 10.4. The Morgan fingerprint density at radius 3 is 2.70 bits per heavy atom. The highest BCUT2D eigenvalue weighted by Crippen LogP contribution is 2.35. The summed E-state index contributed by atoms with van der Waals surface area (Å²) in [6.45, 7) is 2.04. The van der Waals surface area contributed by atoms with Crippen LogP contribution in [-0.4, -0.2) is 14.7 Å². The summed E-state index contributed by atoms with van der Waals surface area (Å²) in [5.74, 6) is -0.811. The summed E-state index contributed by atoms with van der Waals surface area (Å²) in [6.07, 6.45) is -1.69. The molecule has 0 atom stereocenters. The van der Waals surface area contributed by atoms with E-state index in [1.165, 1.54) is 4.68 Å². The maximum Gasteiger partial charge on any atom is 0.281 e. The van der Waals surface area contributed by atoms with Gasteiger partial charge < -0.3 is 0 Å². The molecular weight excluding hydrogens is 275 g/mol. The number of alkyl halides is 2. The van der Waals surface area contributed by atoms with Crippen LogP contribution in [0.2, 0.25) is 0 Å². The Morgan fingerprint density at radius 2 is 2.15 bits per heavy atom. The van der Waals surface area contributed by atoms with Crippen molar-refractivity contribution < 1.29 is 18.1 Å². The van der Waals surface area contributed by atoms with Gasteiger partial charge in [-0.3, -0.25) is 14.8 Å². The highest BCUT2D eigenvalue weighted by Gasteiger charge is 2.25. The summed E-state index contributed by atoms with van der Waals surface area (Å²) < 4.78 is 40.3. The maximum absolute atomic E-state index is 13.1. The van der Waals surface area contributed by atoms with Gasteiger partial charge >= 0.3 is 0 Å². The average molecular weight is 285 g/mol. The van der Waals surface area contributed by atoms with Crippen LogP contribution in [0.3, 0.4) is 0 Å². The van der Waals surface area contributed by atoms with Crippen LogP contribution >= 0.6 is 0 Å². The quantitative estimate of drug-likeness (QED) is 0.637. The van der Waals surface area contributed by atoms with Gasteiger partial charge in [-0.2, -0.15) is 5.10 Å². The van der Waals surface area contributed by atoms with E-state index in [-0.39, 0.29) is 11.3 Å². The lowest BCUT2D eigenvalue weighted by Gasteiger charge is -2.03. The lowest BCUT2D eigenvalue weighted by molar-refractivity contribution is -0.384. The van der Waals surface area contributed by atoms with Crippen molar-refractivity contribution in [2.24, 2.45) is 0 Å². The molecule has 1 aromatic carbocycles. The molecule has 0 saturated carbocycles. The van der Waals surface area contributed by atoms with Gasteiger partial charge in [-0.25, -0.2) is 13.2 Å². The molecule has 0 fully saturated rings. The van der Waals surface area contributed by atoms with Gasteiger partial charge in [0.2, 0.25) is 0 Å². The van der Waals surface area contributed by atoms with E-state index in [0.717, 1.165) is 18.3 Å². The molecule has 106 valence electrons.